The summed E-state index contributed by atoms with van der Waals surface area (Å²) in [5.41, 5.74) is 5.72. The Morgan fingerprint density at radius 2 is 1.75 bits per heavy atom. The Morgan fingerprint density at radius 3 is 2.42 bits per heavy atom. The maximum Gasteiger partial charge on any atom is 0.343 e. The van der Waals surface area contributed by atoms with Crippen LogP contribution in [0.3, 0.4) is 0 Å². The van der Waals surface area contributed by atoms with E-state index in [0.717, 1.165) is 17.4 Å². The Kier molecular flexibility index (Phi) is 8.80. The van der Waals surface area contributed by atoms with Gasteiger partial charge in [-0.3, -0.25) is 9.10 Å². The Labute approximate surface area is 210 Å². The molecule has 3 rings (SSSR count). The fourth-order valence-electron chi connectivity index (χ4n) is 3.24. The summed E-state index contributed by atoms with van der Waals surface area (Å²) < 4.78 is 36.1. The predicted molar refractivity (Wildman–Crippen MR) is 138 cm³/mol. The first-order chi connectivity index (χ1) is 17.2. The van der Waals surface area contributed by atoms with Crippen molar-refractivity contribution < 1.29 is 27.5 Å². The van der Waals surface area contributed by atoms with Gasteiger partial charge in [-0.1, -0.05) is 36.4 Å². The van der Waals surface area contributed by atoms with E-state index in [1.165, 1.54) is 29.8 Å². The Bertz CT molecular complexity index is 1350. The highest BCUT2D eigenvalue weighted by Gasteiger charge is 2.19. The molecular formula is C26H27N3O6S. The van der Waals surface area contributed by atoms with E-state index in [9.17, 15) is 18.0 Å². The number of rotatable bonds is 10. The molecule has 0 saturated carbocycles. The van der Waals surface area contributed by atoms with E-state index in [1.54, 1.807) is 36.4 Å². The smallest absolute Gasteiger partial charge is 0.343 e. The molecule has 1 N–H and O–H groups in total. The zero-order valence-corrected chi connectivity index (χ0v) is 21.0. The zero-order chi connectivity index (χ0) is 26.1. The van der Waals surface area contributed by atoms with Crippen LogP contribution in [0.2, 0.25) is 0 Å². The summed E-state index contributed by atoms with van der Waals surface area (Å²) in [6, 6.07) is 20.6. The molecule has 3 aromatic carbocycles. The summed E-state index contributed by atoms with van der Waals surface area (Å²) in [4.78, 5) is 23.7. The molecule has 0 bridgehead atoms. The zero-order valence-electron chi connectivity index (χ0n) is 20.2. The monoisotopic (exact) mass is 509 g/mol. The Hall–Kier alpha value is -4.18. The van der Waals surface area contributed by atoms with Gasteiger partial charge in [0.05, 0.1) is 31.8 Å². The van der Waals surface area contributed by atoms with Gasteiger partial charge < -0.3 is 9.47 Å². The van der Waals surface area contributed by atoms with Gasteiger partial charge in [0, 0.05) is 5.56 Å². The van der Waals surface area contributed by atoms with E-state index in [4.69, 9.17) is 4.74 Å². The second-order valence-electron chi connectivity index (χ2n) is 7.88. The van der Waals surface area contributed by atoms with Crippen LogP contribution in [0.15, 0.2) is 77.9 Å². The maximum absolute atomic E-state index is 12.5. The number of nitrogens with zero attached hydrogens (tertiary/aromatic N) is 2. The number of methoxy groups -OCH3 is 1. The number of sulfonamides is 1. The Balaban J connectivity index is 1.65. The van der Waals surface area contributed by atoms with Crippen molar-refractivity contribution in [1.82, 2.24) is 5.43 Å². The molecule has 0 saturated heterocycles. The molecule has 0 heterocycles. The van der Waals surface area contributed by atoms with Crippen LogP contribution in [0.1, 0.15) is 27.0 Å². The van der Waals surface area contributed by atoms with Gasteiger partial charge in [-0.25, -0.2) is 18.6 Å². The van der Waals surface area contributed by atoms with Crippen LogP contribution in [-0.2, 0) is 26.1 Å². The maximum atomic E-state index is 12.5. The molecule has 188 valence electrons. The number of nitrogens with one attached hydrogen (secondary N) is 1. The third kappa shape index (κ3) is 7.41. The number of benzene rings is 3. The summed E-state index contributed by atoms with van der Waals surface area (Å²) in [7, 11) is -2.28. The van der Waals surface area contributed by atoms with Crippen LogP contribution in [0.5, 0.6) is 5.75 Å². The molecule has 3 aromatic rings. The second kappa shape index (κ2) is 12.0. The minimum absolute atomic E-state index is 0.184. The molecule has 0 fully saturated rings. The first kappa shape index (κ1) is 26.4. The third-order valence-electron chi connectivity index (χ3n) is 5.22. The predicted octanol–water partition coefficient (Wildman–Crippen LogP) is 3.28. The van der Waals surface area contributed by atoms with Gasteiger partial charge in [-0.05, 0) is 60.0 Å². The van der Waals surface area contributed by atoms with Crippen LogP contribution >= 0.6 is 0 Å². The van der Waals surface area contributed by atoms with E-state index < -0.39 is 21.9 Å². The average Bonchev–Trinajstić information content (AvgIpc) is 2.86. The number of esters is 1. The van der Waals surface area contributed by atoms with Crippen molar-refractivity contribution in [2.75, 3.05) is 24.3 Å². The minimum Gasteiger partial charge on any atom is -0.482 e. The molecule has 0 spiro atoms. The molecule has 0 aliphatic rings. The van der Waals surface area contributed by atoms with Gasteiger partial charge in [0.2, 0.25) is 10.0 Å². The summed E-state index contributed by atoms with van der Waals surface area (Å²) in [6.45, 7) is 1.89. The quantitative estimate of drug-likeness (QED) is 0.255. The highest BCUT2D eigenvalue weighted by atomic mass is 32.2. The molecular weight excluding hydrogens is 482 g/mol. The van der Waals surface area contributed by atoms with Crippen molar-refractivity contribution >= 4 is 33.8 Å². The number of aryl methyl sites for hydroxylation is 1. The standard InChI is InChI=1S/C26H27N3O6S/c1-19-7-4-5-9-22(19)17-29(36(3,32)33)23-13-11-21(12-14-23)26(31)28-27-16-20-8-6-10-24(15-20)35-18-25(30)34-2/h4-16H,17-18H2,1-3H3,(H,28,31)/b27-16-. The van der Waals surface area contributed by atoms with Gasteiger partial charge in [-0.15, -0.1) is 0 Å². The molecule has 10 heteroatoms. The largest absolute Gasteiger partial charge is 0.482 e. The van der Waals surface area contributed by atoms with E-state index in [0.29, 0.717) is 22.6 Å². The number of hydrogen-bond donors (Lipinski definition) is 1. The molecule has 0 aromatic heterocycles. The number of anilines is 1. The second-order valence-corrected chi connectivity index (χ2v) is 9.79. The van der Waals surface area contributed by atoms with Gasteiger partial charge in [0.15, 0.2) is 6.61 Å². The molecule has 0 aliphatic carbocycles. The van der Waals surface area contributed by atoms with Crippen molar-refractivity contribution in [2.45, 2.75) is 13.5 Å². The summed E-state index contributed by atoms with van der Waals surface area (Å²) in [5, 5.41) is 3.95. The van der Waals surface area contributed by atoms with Crippen LogP contribution in [0.4, 0.5) is 5.69 Å². The van der Waals surface area contributed by atoms with E-state index in [1.807, 2.05) is 31.2 Å². The lowest BCUT2D eigenvalue weighted by Gasteiger charge is -2.23. The Morgan fingerprint density at radius 1 is 1.03 bits per heavy atom. The SMILES string of the molecule is COC(=O)COc1cccc(/C=N\NC(=O)c2ccc(N(Cc3ccccc3C)S(C)(=O)=O)cc2)c1. The van der Waals surface area contributed by atoms with Crippen molar-refractivity contribution in [1.29, 1.82) is 0 Å². The number of ether oxygens (including phenoxy) is 2. The van der Waals surface area contributed by atoms with Crippen LogP contribution in [0, 0.1) is 6.92 Å². The molecule has 0 unspecified atom stereocenters. The molecule has 0 aliphatic heterocycles. The minimum atomic E-state index is -3.55. The lowest BCUT2D eigenvalue weighted by Crippen LogP contribution is -2.29. The average molecular weight is 510 g/mol. The fourth-order valence-corrected chi connectivity index (χ4v) is 4.12. The van der Waals surface area contributed by atoms with Gasteiger partial charge in [0.25, 0.3) is 5.91 Å². The fraction of sp³-hybridized carbons (Fsp3) is 0.192. The van der Waals surface area contributed by atoms with Crippen molar-refractivity contribution in [2.24, 2.45) is 5.10 Å². The molecule has 0 atom stereocenters. The molecule has 36 heavy (non-hydrogen) atoms. The number of hydrogen-bond acceptors (Lipinski definition) is 7. The first-order valence-electron chi connectivity index (χ1n) is 10.9. The highest BCUT2D eigenvalue weighted by Crippen LogP contribution is 2.22. The van der Waals surface area contributed by atoms with Gasteiger partial charge in [0.1, 0.15) is 5.75 Å². The lowest BCUT2D eigenvalue weighted by molar-refractivity contribution is -0.142. The summed E-state index contributed by atoms with van der Waals surface area (Å²) >= 11 is 0. The van der Waals surface area contributed by atoms with Gasteiger partial charge >= 0.3 is 5.97 Å². The number of hydrazone groups is 1. The van der Waals surface area contributed by atoms with Crippen LogP contribution in [0.25, 0.3) is 0 Å². The van der Waals surface area contributed by atoms with Crippen LogP contribution < -0.4 is 14.5 Å². The number of amides is 1. The summed E-state index contributed by atoms with van der Waals surface area (Å²) in [5.74, 6) is -0.504. The number of carbonyl (C=O) groups excluding carboxylic acids is 2. The topological polar surface area (TPSA) is 114 Å². The first-order valence-corrected chi connectivity index (χ1v) is 12.8. The van der Waals surface area contributed by atoms with Crippen molar-refractivity contribution in [3.8, 4) is 5.75 Å². The van der Waals surface area contributed by atoms with Crippen molar-refractivity contribution in [3.63, 3.8) is 0 Å². The number of carbonyl (C=O) groups is 2. The third-order valence-corrected chi connectivity index (χ3v) is 6.36. The normalized spacial score (nSPS) is 11.2. The van der Waals surface area contributed by atoms with Crippen LogP contribution in [-0.4, -0.2) is 46.5 Å². The molecule has 0 radical (unpaired) electrons. The van der Waals surface area contributed by atoms with E-state index >= 15 is 0 Å². The molecule has 9 nitrogen and oxygen atoms in total. The summed E-state index contributed by atoms with van der Waals surface area (Å²) in [6.07, 6.45) is 2.58. The highest BCUT2D eigenvalue weighted by molar-refractivity contribution is 7.92. The van der Waals surface area contributed by atoms with Gasteiger partial charge in [-0.2, -0.15) is 5.10 Å². The molecule has 1 amide bonds. The van der Waals surface area contributed by atoms with E-state index in [2.05, 4.69) is 15.3 Å². The van der Waals surface area contributed by atoms with E-state index in [-0.39, 0.29) is 13.2 Å². The lowest BCUT2D eigenvalue weighted by atomic mass is 10.1. The van der Waals surface area contributed by atoms with Crippen molar-refractivity contribution in [3.05, 3.63) is 95.1 Å².